The van der Waals surface area contributed by atoms with E-state index in [0.717, 1.165) is 16.7 Å². The number of anilines is 1. The first-order chi connectivity index (χ1) is 17.5. The van der Waals surface area contributed by atoms with Gasteiger partial charge >= 0.3 is 0 Å². The van der Waals surface area contributed by atoms with Crippen LogP contribution >= 0.6 is 11.3 Å². The highest BCUT2D eigenvalue weighted by Crippen LogP contribution is 2.15. The molecule has 0 aliphatic heterocycles. The molecule has 2 amide bonds. The predicted octanol–water partition coefficient (Wildman–Crippen LogP) is 6.36. The zero-order valence-electron chi connectivity index (χ0n) is 19.6. The Bertz CT molecular complexity index is 1420. The normalized spacial score (nSPS) is 11.3. The van der Waals surface area contributed by atoms with E-state index in [0.29, 0.717) is 16.8 Å². The zero-order valence-corrected chi connectivity index (χ0v) is 20.4. The fourth-order valence-electron chi connectivity index (χ4n) is 3.42. The van der Waals surface area contributed by atoms with Crippen molar-refractivity contribution in [2.24, 2.45) is 0 Å². The second-order valence-electron chi connectivity index (χ2n) is 8.08. The van der Waals surface area contributed by atoms with Crippen molar-refractivity contribution >= 4 is 46.8 Å². The van der Waals surface area contributed by atoms with Crippen LogP contribution in [0.5, 0.6) is 0 Å². The second kappa shape index (κ2) is 11.7. The lowest BCUT2D eigenvalue weighted by Crippen LogP contribution is -2.30. The number of aryl methyl sites for hydroxylation is 1. The molecule has 5 nitrogen and oxygen atoms in total. The van der Waals surface area contributed by atoms with Gasteiger partial charge in [-0.25, -0.2) is 0 Å². The minimum Gasteiger partial charge on any atom is -0.321 e. The van der Waals surface area contributed by atoms with Crippen molar-refractivity contribution in [1.82, 2.24) is 5.32 Å². The minimum atomic E-state index is -0.469. The summed E-state index contributed by atoms with van der Waals surface area (Å²) in [6.45, 7) is 2.00. The Kier molecular flexibility index (Phi) is 8.01. The molecule has 0 unspecified atom stereocenters. The van der Waals surface area contributed by atoms with Crippen LogP contribution in [0.2, 0.25) is 0 Å². The third kappa shape index (κ3) is 6.74. The Balaban J connectivity index is 1.45. The molecule has 1 aromatic heterocycles. The van der Waals surface area contributed by atoms with Crippen LogP contribution < -0.4 is 10.6 Å². The Morgan fingerprint density at radius 1 is 0.806 bits per heavy atom. The molecule has 0 atom stereocenters. The molecule has 0 bridgehead atoms. The maximum Gasteiger partial charge on any atom is 0.272 e. The number of thiophene rings is 1. The Labute approximate surface area is 213 Å². The molecule has 3 aromatic carbocycles. The van der Waals surface area contributed by atoms with Crippen molar-refractivity contribution in [1.29, 1.82) is 0 Å². The van der Waals surface area contributed by atoms with Crippen molar-refractivity contribution in [3.05, 3.63) is 135 Å². The van der Waals surface area contributed by atoms with Gasteiger partial charge < -0.3 is 10.6 Å². The fourth-order valence-corrected chi connectivity index (χ4v) is 4.04. The molecule has 0 saturated carbocycles. The fraction of sp³-hybridized carbons (Fsp3) is 0.0333. The number of allylic oxidation sites excluding steroid dienone is 1. The summed E-state index contributed by atoms with van der Waals surface area (Å²) in [7, 11) is 0. The third-order valence-electron chi connectivity index (χ3n) is 5.28. The van der Waals surface area contributed by atoms with Crippen LogP contribution in [-0.4, -0.2) is 17.6 Å². The number of hydrogen-bond donors (Lipinski definition) is 2. The summed E-state index contributed by atoms with van der Waals surface area (Å²) >= 11 is 1.49. The molecule has 6 heteroatoms. The average Bonchev–Trinajstić information content (AvgIpc) is 3.41. The highest BCUT2D eigenvalue weighted by Gasteiger charge is 2.15. The molecule has 36 heavy (non-hydrogen) atoms. The van der Waals surface area contributed by atoms with Gasteiger partial charge in [0.25, 0.3) is 11.8 Å². The topological polar surface area (TPSA) is 75.3 Å². The smallest absolute Gasteiger partial charge is 0.272 e. The van der Waals surface area contributed by atoms with E-state index in [9.17, 15) is 14.4 Å². The number of rotatable bonds is 8. The van der Waals surface area contributed by atoms with Gasteiger partial charge in [-0.05, 0) is 83.4 Å². The van der Waals surface area contributed by atoms with Gasteiger partial charge in [0.15, 0.2) is 5.78 Å². The molecule has 2 N–H and O–H groups in total. The zero-order chi connectivity index (χ0) is 25.3. The summed E-state index contributed by atoms with van der Waals surface area (Å²) in [5.74, 6) is -0.986. The van der Waals surface area contributed by atoms with E-state index in [4.69, 9.17) is 0 Å². The van der Waals surface area contributed by atoms with Crippen LogP contribution in [-0.2, 0) is 4.79 Å². The van der Waals surface area contributed by atoms with E-state index in [1.807, 2.05) is 54.1 Å². The summed E-state index contributed by atoms with van der Waals surface area (Å²) < 4.78 is 0. The Hall–Kier alpha value is -4.55. The van der Waals surface area contributed by atoms with Crippen LogP contribution in [0, 0.1) is 6.92 Å². The van der Waals surface area contributed by atoms with Gasteiger partial charge in [0.05, 0.1) is 0 Å². The van der Waals surface area contributed by atoms with E-state index < -0.39 is 5.91 Å². The van der Waals surface area contributed by atoms with E-state index in [1.165, 1.54) is 17.4 Å². The molecule has 0 radical (unpaired) electrons. The monoisotopic (exact) mass is 492 g/mol. The van der Waals surface area contributed by atoms with Crippen molar-refractivity contribution in [2.45, 2.75) is 6.92 Å². The molecular weight excluding hydrogens is 468 g/mol. The van der Waals surface area contributed by atoms with Gasteiger partial charge in [0.2, 0.25) is 0 Å². The SMILES string of the molecule is Cc1cccc(/C=C/C(=O)c2ccc(NC(=O)/C(=C/c3ccsc3)NC(=O)c3ccccc3)cc2)c1. The third-order valence-corrected chi connectivity index (χ3v) is 5.98. The van der Waals surface area contributed by atoms with Crippen LogP contribution in [0.3, 0.4) is 0 Å². The van der Waals surface area contributed by atoms with Crippen LogP contribution in [0.15, 0.2) is 107 Å². The lowest BCUT2D eigenvalue weighted by molar-refractivity contribution is -0.113. The van der Waals surface area contributed by atoms with Gasteiger partial charge in [-0.1, -0.05) is 54.1 Å². The number of nitrogens with one attached hydrogen (secondary N) is 2. The number of amides is 2. The maximum absolute atomic E-state index is 13.0. The van der Waals surface area contributed by atoms with Crippen molar-refractivity contribution < 1.29 is 14.4 Å². The molecule has 0 aliphatic carbocycles. The number of ketones is 1. The summed E-state index contributed by atoms with van der Waals surface area (Å²) in [6, 6.07) is 25.1. The first kappa shape index (κ1) is 24.6. The van der Waals surface area contributed by atoms with Crippen LogP contribution in [0.4, 0.5) is 5.69 Å². The lowest BCUT2D eigenvalue weighted by Gasteiger charge is -2.11. The highest BCUT2D eigenvalue weighted by molar-refractivity contribution is 7.08. The van der Waals surface area contributed by atoms with Crippen LogP contribution in [0.25, 0.3) is 12.2 Å². The van der Waals surface area contributed by atoms with Crippen molar-refractivity contribution in [3.8, 4) is 0 Å². The highest BCUT2D eigenvalue weighted by atomic mass is 32.1. The molecule has 1 heterocycles. The number of carbonyl (C=O) groups is 3. The average molecular weight is 493 g/mol. The summed E-state index contributed by atoms with van der Waals surface area (Å²) in [5, 5.41) is 9.28. The summed E-state index contributed by atoms with van der Waals surface area (Å²) in [4.78, 5) is 38.3. The molecule has 0 spiro atoms. The standard InChI is InChI=1S/C30H24N2O3S/c1-21-6-5-7-22(18-21)10-15-28(33)24-11-13-26(14-12-24)31-30(35)27(19-23-16-17-36-20-23)32-29(34)25-8-3-2-4-9-25/h2-20H,1H3,(H,31,35)(H,32,34)/b15-10+,27-19-. The van der Waals surface area contributed by atoms with Gasteiger partial charge in [0, 0.05) is 16.8 Å². The molecule has 0 saturated heterocycles. The van der Waals surface area contributed by atoms with E-state index in [-0.39, 0.29) is 17.4 Å². The van der Waals surface area contributed by atoms with E-state index >= 15 is 0 Å². The Morgan fingerprint density at radius 2 is 1.58 bits per heavy atom. The molecular formula is C30H24N2O3S. The Morgan fingerprint density at radius 3 is 2.28 bits per heavy atom. The second-order valence-corrected chi connectivity index (χ2v) is 8.86. The number of benzene rings is 3. The molecule has 0 fully saturated rings. The first-order valence-electron chi connectivity index (χ1n) is 11.3. The van der Waals surface area contributed by atoms with Crippen molar-refractivity contribution in [2.75, 3.05) is 5.32 Å². The van der Waals surface area contributed by atoms with Gasteiger partial charge in [0.1, 0.15) is 5.70 Å². The number of hydrogen-bond acceptors (Lipinski definition) is 4. The van der Waals surface area contributed by atoms with Gasteiger partial charge in [-0.15, -0.1) is 0 Å². The molecule has 4 rings (SSSR count). The first-order valence-corrected chi connectivity index (χ1v) is 12.2. The molecule has 4 aromatic rings. The maximum atomic E-state index is 13.0. The quantitative estimate of drug-likeness (QED) is 0.222. The van der Waals surface area contributed by atoms with Gasteiger partial charge in [-0.2, -0.15) is 11.3 Å². The largest absolute Gasteiger partial charge is 0.321 e. The summed E-state index contributed by atoms with van der Waals surface area (Å²) in [6.07, 6.45) is 4.94. The predicted molar refractivity (Wildman–Crippen MR) is 146 cm³/mol. The molecule has 0 aliphatic rings. The van der Waals surface area contributed by atoms with Crippen LogP contribution in [0.1, 0.15) is 37.4 Å². The molecule has 178 valence electrons. The van der Waals surface area contributed by atoms with Crippen molar-refractivity contribution in [3.63, 3.8) is 0 Å². The minimum absolute atomic E-state index is 0.114. The summed E-state index contributed by atoms with van der Waals surface area (Å²) in [5.41, 5.74) is 4.45. The van der Waals surface area contributed by atoms with Gasteiger partial charge in [-0.3, -0.25) is 14.4 Å². The van der Waals surface area contributed by atoms with E-state index in [1.54, 1.807) is 60.7 Å². The lowest BCUT2D eigenvalue weighted by atomic mass is 10.1. The number of carbonyl (C=O) groups excluding carboxylic acids is 3. The van der Waals surface area contributed by atoms with E-state index in [2.05, 4.69) is 10.6 Å².